The van der Waals surface area contributed by atoms with Crippen molar-refractivity contribution >= 4 is 11.6 Å². The molecule has 39 heavy (non-hydrogen) atoms. The number of nitrogens with zero attached hydrogens (tertiary/aromatic N) is 3. The molecule has 0 saturated carbocycles. The Morgan fingerprint density at radius 1 is 1.05 bits per heavy atom. The standard InChI is InChI=1S/C26H29ClF3N3O6/c1-13(2)37-12-21(38-11-14-3-5-16(27)6-4-14)26-25(36)23(24(35)20(10-34)39-26)33-9-19(31-32-33)15-7-17(28)22(30)18(29)8-15/h3-9,13,20-21,23-26,34-36H,10-12H2,1-2H3/t20?,21-,23+,24+,25?,26+/m1/s1. The highest BCUT2D eigenvalue weighted by Crippen LogP contribution is 2.33. The summed E-state index contributed by atoms with van der Waals surface area (Å²) in [7, 11) is 0. The lowest BCUT2D eigenvalue weighted by atomic mass is 9.90. The molecule has 1 aliphatic rings. The number of halogens is 4. The summed E-state index contributed by atoms with van der Waals surface area (Å²) in [5.74, 6) is -4.43. The largest absolute Gasteiger partial charge is 0.394 e. The van der Waals surface area contributed by atoms with Crippen LogP contribution in [0, 0.1) is 17.5 Å². The Morgan fingerprint density at radius 3 is 2.33 bits per heavy atom. The van der Waals surface area contributed by atoms with Gasteiger partial charge in [-0.15, -0.1) is 5.10 Å². The minimum atomic E-state index is -1.62. The van der Waals surface area contributed by atoms with E-state index in [4.69, 9.17) is 25.8 Å². The number of hydrogen-bond acceptors (Lipinski definition) is 8. The van der Waals surface area contributed by atoms with E-state index >= 15 is 0 Å². The average Bonchev–Trinajstić information content (AvgIpc) is 3.38. The number of ether oxygens (including phenoxy) is 3. The van der Waals surface area contributed by atoms with Gasteiger partial charge >= 0.3 is 0 Å². The lowest BCUT2D eigenvalue weighted by Crippen LogP contribution is -2.60. The molecule has 1 aliphatic heterocycles. The molecule has 0 radical (unpaired) electrons. The first-order chi connectivity index (χ1) is 18.6. The van der Waals surface area contributed by atoms with E-state index in [1.807, 2.05) is 13.8 Å². The molecule has 2 unspecified atom stereocenters. The first-order valence-corrected chi connectivity index (χ1v) is 12.6. The Balaban J connectivity index is 1.61. The van der Waals surface area contributed by atoms with Crippen LogP contribution in [0.25, 0.3) is 11.3 Å². The zero-order valence-electron chi connectivity index (χ0n) is 21.1. The van der Waals surface area contributed by atoms with Crippen molar-refractivity contribution in [2.45, 2.75) is 63.1 Å². The third-order valence-corrected chi connectivity index (χ3v) is 6.61. The lowest BCUT2D eigenvalue weighted by Gasteiger charge is -2.44. The highest BCUT2D eigenvalue weighted by molar-refractivity contribution is 6.30. The molecular formula is C26H29ClF3N3O6. The van der Waals surface area contributed by atoms with Gasteiger partial charge in [0.15, 0.2) is 17.5 Å². The van der Waals surface area contributed by atoms with Crippen molar-refractivity contribution in [3.8, 4) is 11.3 Å². The minimum Gasteiger partial charge on any atom is -0.394 e. The van der Waals surface area contributed by atoms with Gasteiger partial charge in [-0.05, 0) is 43.7 Å². The number of hydrogen-bond donors (Lipinski definition) is 3. The van der Waals surface area contributed by atoms with Gasteiger partial charge in [-0.3, -0.25) is 0 Å². The summed E-state index contributed by atoms with van der Waals surface area (Å²) in [6.45, 7) is 3.21. The molecule has 0 bridgehead atoms. The summed E-state index contributed by atoms with van der Waals surface area (Å²) in [5, 5.41) is 40.6. The van der Waals surface area contributed by atoms with Crippen LogP contribution in [0.3, 0.4) is 0 Å². The zero-order valence-corrected chi connectivity index (χ0v) is 21.9. The molecule has 3 N–H and O–H groups in total. The van der Waals surface area contributed by atoms with Crippen molar-refractivity contribution in [1.82, 2.24) is 15.0 Å². The lowest BCUT2D eigenvalue weighted by molar-refractivity contribution is -0.243. The van der Waals surface area contributed by atoms with Gasteiger partial charge in [0.05, 0.1) is 32.1 Å². The summed E-state index contributed by atoms with van der Waals surface area (Å²) in [6, 6.07) is 7.30. The summed E-state index contributed by atoms with van der Waals surface area (Å²) in [4.78, 5) is 0. The van der Waals surface area contributed by atoms with Crippen LogP contribution in [0.2, 0.25) is 5.02 Å². The molecule has 2 heterocycles. The summed E-state index contributed by atoms with van der Waals surface area (Å²) in [6.07, 6.45) is -4.88. The van der Waals surface area contributed by atoms with E-state index < -0.39 is 60.6 Å². The Morgan fingerprint density at radius 2 is 1.72 bits per heavy atom. The van der Waals surface area contributed by atoms with Gasteiger partial charge in [-0.2, -0.15) is 0 Å². The van der Waals surface area contributed by atoms with Crippen LogP contribution in [0.4, 0.5) is 13.2 Å². The molecule has 4 rings (SSSR count). The van der Waals surface area contributed by atoms with E-state index in [1.54, 1.807) is 24.3 Å². The normalized spacial score (nSPS) is 24.3. The number of aliphatic hydroxyl groups is 3. The van der Waals surface area contributed by atoms with Crippen LogP contribution in [-0.4, -0.2) is 80.2 Å². The average molecular weight is 572 g/mol. The van der Waals surface area contributed by atoms with E-state index in [0.29, 0.717) is 5.02 Å². The minimum absolute atomic E-state index is 0.0185. The fourth-order valence-corrected chi connectivity index (χ4v) is 4.44. The van der Waals surface area contributed by atoms with E-state index in [-0.39, 0.29) is 30.6 Å². The fourth-order valence-electron chi connectivity index (χ4n) is 4.32. The van der Waals surface area contributed by atoms with Gasteiger partial charge < -0.3 is 29.5 Å². The Hall–Kier alpha value is -2.58. The van der Waals surface area contributed by atoms with Crippen LogP contribution in [0.1, 0.15) is 25.5 Å². The number of aliphatic hydroxyl groups excluding tert-OH is 3. The molecule has 212 valence electrons. The molecular weight excluding hydrogens is 543 g/mol. The first kappa shape index (κ1) is 29.4. The topological polar surface area (TPSA) is 119 Å². The highest BCUT2D eigenvalue weighted by Gasteiger charge is 2.49. The molecule has 9 nitrogen and oxygen atoms in total. The van der Waals surface area contributed by atoms with E-state index in [9.17, 15) is 28.5 Å². The van der Waals surface area contributed by atoms with Crippen LogP contribution in [0.15, 0.2) is 42.6 Å². The number of aromatic nitrogens is 3. The predicted molar refractivity (Wildman–Crippen MR) is 133 cm³/mol. The smallest absolute Gasteiger partial charge is 0.194 e. The monoisotopic (exact) mass is 571 g/mol. The zero-order chi connectivity index (χ0) is 28.3. The van der Waals surface area contributed by atoms with Crippen molar-refractivity contribution in [2.24, 2.45) is 0 Å². The molecule has 0 spiro atoms. The van der Waals surface area contributed by atoms with Gasteiger partial charge in [0, 0.05) is 10.6 Å². The maximum Gasteiger partial charge on any atom is 0.194 e. The molecule has 2 aromatic carbocycles. The first-order valence-electron chi connectivity index (χ1n) is 12.3. The molecule has 1 aromatic heterocycles. The van der Waals surface area contributed by atoms with Crippen molar-refractivity contribution < 1.29 is 42.7 Å². The van der Waals surface area contributed by atoms with E-state index in [2.05, 4.69) is 10.3 Å². The molecule has 1 saturated heterocycles. The molecule has 13 heteroatoms. The SMILES string of the molecule is CC(C)OC[C@@H](OCc1ccc(Cl)cc1)[C@@H]1OC(CO)[C@H](O)[C@H](n2cc(-c3cc(F)c(F)c(F)c3)nn2)C1O. The van der Waals surface area contributed by atoms with Crippen LogP contribution < -0.4 is 0 Å². The van der Waals surface area contributed by atoms with E-state index in [0.717, 1.165) is 22.4 Å². The maximum atomic E-state index is 13.8. The van der Waals surface area contributed by atoms with Crippen LogP contribution >= 0.6 is 11.6 Å². The number of rotatable bonds is 10. The molecule has 0 aliphatic carbocycles. The van der Waals surface area contributed by atoms with Gasteiger partial charge in [0.25, 0.3) is 0 Å². The van der Waals surface area contributed by atoms with Crippen molar-refractivity contribution in [1.29, 1.82) is 0 Å². The van der Waals surface area contributed by atoms with Gasteiger partial charge in [-0.1, -0.05) is 28.9 Å². The molecule has 1 fully saturated rings. The second kappa shape index (κ2) is 12.7. The molecule has 6 atom stereocenters. The summed E-state index contributed by atoms with van der Waals surface area (Å²) < 4.78 is 59.7. The Bertz CT molecular complexity index is 1220. The van der Waals surface area contributed by atoms with Gasteiger partial charge in [-0.25, -0.2) is 17.9 Å². The summed E-state index contributed by atoms with van der Waals surface area (Å²) in [5.41, 5.74) is 0.669. The Kier molecular flexibility index (Phi) is 9.60. The van der Waals surface area contributed by atoms with Crippen molar-refractivity contribution in [3.05, 3.63) is 70.6 Å². The second-order valence-corrected chi connectivity index (χ2v) is 9.93. The van der Waals surface area contributed by atoms with Crippen LogP contribution in [0.5, 0.6) is 0 Å². The Labute approximate surface area is 227 Å². The van der Waals surface area contributed by atoms with Crippen LogP contribution in [-0.2, 0) is 20.8 Å². The van der Waals surface area contributed by atoms with Crippen molar-refractivity contribution in [3.63, 3.8) is 0 Å². The van der Waals surface area contributed by atoms with Gasteiger partial charge in [0.2, 0.25) is 0 Å². The third-order valence-electron chi connectivity index (χ3n) is 6.36. The predicted octanol–water partition coefficient (Wildman–Crippen LogP) is 3.05. The third kappa shape index (κ3) is 6.77. The second-order valence-electron chi connectivity index (χ2n) is 9.49. The molecule has 3 aromatic rings. The number of benzene rings is 2. The highest BCUT2D eigenvalue weighted by atomic mass is 35.5. The fraction of sp³-hybridized carbons (Fsp3) is 0.462. The van der Waals surface area contributed by atoms with Crippen molar-refractivity contribution in [2.75, 3.05) is 13.2 Å². The molecule has 0 amide bonds. The quantitative estimate of drug-likeness (QED) is 0.318. The van der Waals surface area contributed by atoms with Gasteiger partial charge in [0.1, 0.15) is 42.3 Å². The maximum absolute atomic E-state index is 13.8. The summed E-state index contributed by atoms with van der Waals surface area (Å²) >= 11 is 5.95. The van der Waals surface area contributed by atoms with E-state index in [1.165, 1.54) is 6.20 Å².